The molecule has 0 radical (unpaired) electrons. The summed E-state index contributed by atoms with van der Waals surface area (Å²) in [6, 6.07) is 7.24. The van der Waals surface area contributed by atoms with Gasteiger partial charge in [-0.3, -0.25) is 14.3 Å². The van der Waals surface area contributed by atoms with Crippen LogP contribution in [0.4, 0.5) is 5.82 Å². The zero-order chi connectivity index (χ0) is 13.2. The number of anilines is 1. The van der Waals surface area contributed by atoms with Crippen LogP contribution in [-0.4, -0.2) is 19.5 Å². The van der Waals surface area contributed by atoms with Crippen molar-refractivity contribution in [2.45, 2.75) is 6.54 Å². The van der Waals surface area contributed by atoms with Gasteiger partial charge in [0.05, 0.1) is 41.9 Å². The third-order valence-electron chi connectivity index (χ3n) is 2.79. The van der Waals surface area contributed by atoms with Crippen molar-refractivity contribution >= 4 is 16.7 Å². The fraction of sp³-hybridized carbons (Fsp3) is 0.0769. The van der Waals surface area contributed by atoms with Gasteiger partial charge in [-0.05, 0) is 12.1 Å². The van der Waals surface area contributed by atoms with E-state index in [1.165, 1.54) is 17.1 Å². The largest absolute Gasteiger partial charge is 0.382 e. The highest BCUT2D eigenvalue weighted by molar-refractivity contribution is 5.76. The number of benzene rings is 1. The van der Waals surface area contributed by atoms with Crippen LogP contribution in [0.2, 0.25) is 0 Å². The van der Waals surface area contributed by atoms with Crippen molar-refractivity contribution in [1.82, 2.24) is 19.5 Å². The number of nitrogen functional groups attached to an aromatic ring is 1. The monoisotopic (exact) mass is 253 g/mol. The van der Waals surface area contributed by atoms with Crippen molar-refractivity contribution in [3.05, 3.63) is 59.0 Å². The molecule has 0 aliphatic heterocycles. The third-order valence-corrected chi connectivity index (χ3v) is 2.79. The summed E-state index contributed by atoms with van der Waals surface area (Å²) in [6.07, 6.45) is 4.54. The molecule has 0 unspecified atom stereocenters. The van der Waals surface area contributed by atoms with Crippen molar-refractivity contribution in [2.75, 3.05) is 5.73 Å². The number of rotatable bonds is 2. The van der Waals surface area contributed by atoms with E-state index in [0.29, 0.717) is 29.0 Å². The van der Waals surface area contributed by atoms with Gasteiger partial charge in [0.25, 0.3) is 5.56 Å². The average molecular weight is 253 g/mol. The van der Waals surface area contributed by atoms with Crippen LogP contribution in [0.15, 0.2) is 47.8 Å². The van der Waals surface area contributed by atoms with Gasteiger partial charge in [0.2, 0.25) is 0 Å². The first-order chi connectivity index (χ1) is 9.24. The molecule has 2 aromatic heterocycles. The smallest absolute Gasteiger partial charge is 0.261 e. The minimum absolute atomic E-state index is 0.0933. The lowest BCUT2D eigenvalue weighted by Crippen LogP contribution is -2.21. The van der Waals surface area contributed by atoms with E-state index in [1.807, 2.05) is 18.2 Å². The van der Waals surface area contributed by atoms with Crippen LogP contribution in [0.5, 0.6) is 0 Å². The lowest BCUT2D eigenvalue weighted by Gasteiger charge is -2.05. The Morgan fingerprint density at radius 3 is 2.74 bits per heavy atom. The minimum atomic E-state index is -0.0933. The molecule has 19 heavy (non-hydrogen) atoms. The zero-order valence-corrected chi connectivity index (χ0v) is 10.0. The van der Waals surface area contributed by atoms with Crippen molar-refractivity contribution < 1.29 is 0 Å². The minimum Gasteiger partial charge on any atom is -0.382 e. The van der Waals surface area contributed by atoms with Crippen molar-refractivity contribution in [3.8, 4) is 0 Å². The summed E-state index contributed by atoms with van der Waals surface area (Å²) in [6.45, 7) is 0.323. The maximum Gasteiger partial charge on any atom is 0.261 e. The van der Waals surface area contributed by atoms with Gasteiger partial charge in [0.15, 0.2) is 0 Å². The maximum atomic E-state index is 12.2. The highest BCUT2D eigenvalue weighted by atomic mass is 16.1. The van der Waals surface area contributed by atoms with Crippen LogP contribution in [0, 0.1) is 0 Å². The molecule has 3 rings (SSSR count). The predicted molar refractivity (Wildman–Crippen MR) is 71.5 cm³/mol. The van der Waals surface area contributed by atoms with Crippen molar-refractivity contribution in [1.29, 1.82) is 0 Å². The topological polar surface area (TPSA) is 86.7 Å². The molecule has 0 fully saturated rings. The molecular weight excluding hydrogens is 242 g/mol. The molecule has 3 aromatic rings. The van der Waals surface area contributed by atoms with Crippen LogP contribution in [0.1, 0.15) is 5.69 Å². The average Bonchev–Trinajstić information content (AvgIpc) is 2.45. The maximum absolute atomic E-state index is 12.2. The first-order valence-electron chi connectivity index (χ1n) is 5.74. The van der Waals surface area contributed by atoms with Crippen LogP contribution in [-0.2, 0) is 6.54 Å². The van der Waals surface area contributed by atoms with Crippen LogP contribution < -0.4 is 11.3 Å². The second kappa shape index (κ2) is 4.49. The molecule has 1 aromatic carbocycles. The molecule has 6 nitrogen and oxygen atoms in total. The molecule has 0 saturated heterocycles. The van der Waals surface area contributed by atoms with Crippen LogP contribution >= 0.6 is 0 Å². The lowest BCUT2D eigenvalue weighted by molar-refractivity contribution is 0.726. The molecule has 0 saturated carbocycles. The van der Waals surface area contributed by atoms with Gasteiger partial charge in [-0.25, -0.2) is 9.97 Å². The number of fused-ring (bicyclic) bond motifs is 1. The predicted octanol–water partition coefficient (Wildman–Crippen LogP) is 0.817. The Morgan fingerprint density at radius 2 is 1.95 bits per heavy atom. The van der Waals surface area contributed by atoms with E-state index >= 15 is 0 Å². The van der Waals surface area contributed by atoms with E-state index in [4.69, 9.17) is 5.73 Å². The second-order valence-corrected chi connectivity index (χ2v) is 4.13. The summed E-state index contributed by atoms with van der Waals surface area (Å²) in [4.78, 5) is 24.6. The van der Waals surface area contributed by atoms with Gasteiger partial charge in [-0.1, -0.05) is 12.1 Å². The highest BCUT2D eigenvalue weighted by Gasteiger charge is 2.04. The zero-order valence-electron chi connectivity index (χ0n) is 10.0. The fourth-order valence-electron chi connectivity index (χ4n) is 1.84. The third kappa shape index (κ3) is 2.15. The Balaban J connectivity index is 2.04. The number of para-hydroxylation sites is 1. The van der Waals surface area contributed by atoms with Gasteiger partial charge in [0, 0.05) is 0 Å². The summed E-state index contributed by atoms with van der Waals surface area (Å²) in [5.74, 6) is 0.354. The fourth-order valence-corrected chi connectivity index (χ4v) is 1.84. The Morgan fingerprint density at radius 1 is 1.11 bits per heavy atom. The highest BCUT2D eigenvalue weighted by Crippen LogP contribution is 2.05. The number of nitrogens with two attached hydrogens (primary N) is 1. The van der Waals surface area contributed by atoms with Gasteiger partial charge >= 0.3 is 0 Å². The van der Waals surface area contributed by atoms with Gasteiger partial charge in [0.1, 0.15) is 5.82 Å². The van der Waals surface area contributed by atoms with Crippen LogP contribution in [0.3, 0.4) is 0 Å². The summed E-state index contributed by atoms with van der Waals surface area (Å²) >= 11 is 0. The Hall–Kier alpha value is -2.76. The van der Waals surface area contributed by atoms with Crippen LogP contribution in [0.25, 0.3) is 10.9 Å². The number of nitrogens with zero attached hydrogens (tertiary/aromatic N) is 4. The van der Waals surface area contributed by atoms with Gasteiger partial charge < -0.3 is 5.73 Å². The molecule has 94 valence electrons. The number of hydrogen-bond acceptors (Lipinski definition) is 5. The molecule has 2 N–H and O–H groups in total. The first-order valence-corrected chi connectivity index (χ1v) is 5.74. The second-order valence-electron chi connectivity index (χ2n) is 4.13. The van der Waals surface area contributed by atoms with E-state index in [2.05, 4.69) is 15.0 Å². The van der Waals surface area contributed by atoms with E-state index in [0.717, 1.165) is 0 Å². The normalized spacial score (nSPS) is 10.7. The Kier molecular flexibility index (Phi) is 2.68. The van der Waals surface area contributed by atoms with Crippen molar-refractivity contribution in [2.24, 2.45) is 0 Å². The molecule has 0 atom stereocenters. The molecule has 0 aliphatic rings. The SMILES string of the molecule is Nc1cnc(Cn2cnc3ccccc3c2=O)cn1. The summed E-state index contributed by atoms with van der Waals surface area (Å²) in [7, 11) is 0. The summed E-state index contributed by atoms with van der Waals surface area (Å²) in [5, 5.41) is 0.591. The summed E-state index contributed by atoms with van der Waals surface area (Å²) < 4.78 is 1.50. The van der Waals surface area contributed by atoms with Gasteiger partial charge in [-0.2, -0.15) is 0 Å². The van der Waals surface area contributed by atoms with E-state index in [9.17, 15) is 4.79 Å². The van der Waals surface area contributed by atoms with Gasteiger partial charge in [-0.15, -0.1) is 0 Å². The standard InChI is InChI=1S/C13H11N5O/c14-12-6-15-9(5-16-12)7-18-8-17-11-4-2-1-3-10(11)13(18)19/h1-6,8H,7H2,(H2,14,16). The molecule has 0 aliphatic carbocycles. The number of hydrogen-bond donors (Lipinski definition) is 1. The summed E-state index contributed by atoms with van der Waals surface area (Å²) in [5.41, 5.74) is 6.72. The first kappa shape index (κ1) is 11.3. The quantitative estimate of drug-likeness (QED) is 0.730. The number of aromatic nitrogens is 4. The molecule has 0 bridgehead atoms. The Labute approximate surface area is 108 Å². The van der Waals surface area contributed by atoms with E-state index in [1.54, 1.807) is 12.3 Å². The molecule has 2 heterocycles. The Bertz CT molecular complexity index is 779. The van der Waals surface area contributed by atoms with E-state index in [-0.39, 0.29) is 5.56 Å². The molecule has 6 heteroatoms. The molecule has 0 amide bonds. The molecule has 0 spiro atoms. The van der Waals surface area contributed by atoms with Crippen molar-refractivity contribution in [3.63, 3.8) is 0 Å². The van der Waals surface area contributed by atoms with E-state index < -0.39 is 0 Å². The lowest BCUT2D eigenvalue weighted by atomic mass is 10.2. The molecular formula is C13H11N5O.